The zero-order valence-electron chi connectivity index (χ0n) is 23.7. The van der Waals surface area contributed by atoms with Gasteiger partial charge in [-0.05, 0) is 47.9 Å². The van der Waals surface area contributed by atoms with Gasteiger partial charge in [0.15, 0.2) is 6.29 Å². The predicted molar refractivity (Wildman–Crippen MR) is 158 cm³/mol. The number of hydrogen-bond acceptors (Lipinski definition) is 5. The molecule has 7 nitrogen and oxygen atoms in total. The topological polar surface area (TPSA) is 83.1 Å². The summed E-state index contributed by atoms with van der Waals surface area (Å²) in [4.78, 5) is 14.0. The first-order valence-electron chi connectivity index (χ1n) is 13.9. The fourth-order valence-electron chi connectivity index (χ4n) is 5.03. The van der Waals surface area contributed by atoms with Gasteiger partial charge in [0.05, 0.1) is 18.8 Å². The fraction of sp³-hybridized carbons (Fsp3) is 0.364. The third kappa shape index (κ3) is 7.58. The monoisotopic (exact) mass is 543 g/mol. The molecule has 4 unspecified atom stereocenters. The van der Waals surface area contributed by atoms with Crippen LogP contribution in [0.1, 0.15) is 48.5 Å². The second kappa shape index (κ2) is 14.2. The van der Waals surface area contributed by atoms with Gasteiger partial charge in [0.25, 0.3) is 0 Å². The molecule has 1 aliphatic heterocycles. The van der Waals surface area contributed by atoms with E-state index in [1.807, 2.05) is 49.4 Å². The van der Waals surface area contributed by atoms with Gasteiger partial charge in [0, 0.05) is 37.7 Å². The van der Waals surface area contributed by atoms with E-state index in [4.69, 9.17) is 9.47 Å². The van der Waals surface area contributed by atoms with E-state index in [9.17, 15) is 9.90 Å². The number of ether oxygens (including phenoxy) is 2. The van der Waals surface area contributed by atoms with Crippen LogP contribution in [0.3, 0.4) is 0 Å². The van der Waals surface area contributed by atoms with Gasteiger partial charge < -0.3 is 30.1 Å². The van der Waals surface area contributed by atoms with Crippen molar-refractivity contribution in [2.45, 2.75) is 45.5 Å². The number of benzene rings is 3. The number of amides is 2. The van der Waals surface area contributed by atoms with Gasteiger partial charge in [-0.25, -0.2) is 4.79 Å². The van der Waals surface area contributed by atoms with Crippen molar-refractivity contribution in [1.82, 2.24) is 15.5 Å². The van der Waals surface area contributed by atoms with Gasteiger partial charge in [0.2, 0.25) is 0 Å². The number of carbonyl (C=O) groups is 1. The highest BCUT2D eigenvalue weighted by atomic mass is 16.7. The van der Waals surface area contributed by atoms with E-state index in [2.05, 4.69) is 72.5 Å². The Balaban J connectivity index is 1.53. The van der Waals surface area contributed by atoms with E-state index >= 15 is 0 Å². The lowest BCUT2D eigenvalue weighted by molar-refractivity contribution is -0.275. The molecule has 0 aliphatic carbocycles. The number of nitrogens with zero attached hydrogens (tertiary/aromatic N) is 1. The van der Waals surface area contributed by atoms with Gasteiger partial charge in [-0.2, -0.15) is 0 Å². The maximum absolute atomic E-state index is 11.8. The average molecular weight is 544 g/mol. The molecule has 3 aromatic carbocycles. The Morgan fingerprint density at radius 1 is 0.975 bits per heavy atom. The van der Waals surface area contributed by atoms with Crippen LogP contribution in [0, 0.1) is 5.92 Å². The molecular weight excluding hydrogens is 502 g/mol. The minimum absolute atomic E-state index is 0.0159. The van der Waals surface area contributed by atoms with Crippen LogP contribution in [0.2, 0.25) is 0 Å². The molecule has 3 N–H and O–H groups in total. The molecule has 1 aliphatic rings. The number of rotatable bonds is 11. The second-order valence-corrected chi connectivity index (χ2v) is 10.4. The molecular formula is C33H41N3O4. The first kappa shape index (κ1) is 29.5. The Morgan fingerprint density at radius 3 is 2.38 bits per heavy atom. The minimum atomic E-state index is -0.512. The van der Waals surface area contributed by atoms with Crippen LogP contribution in [-0.2, 0) is 22.6 Å². The lowest BCUT2D eigenvalue weighted by Gasteiger charge is -2.42. The van der Waals surface area contributed by atoms with Crippen molar-refractivity contribution in [3.05, 3.63) is 108 Å². The maximum Gasteiger partial charge on any atom is 0.315 e. The van der Waals surface area contributed by atoms with Crippen molar-refractivity contribution in [2.75, 3.05) is 26.7 Å². The van der Waals surface area contributed by atoms with E-state index in [0.717, 1.165) is 46.5 Å². The number of carbonyl (C=O) groups excluding carboxylic acids is 1. The van der Waals surface area contributed by atoms with Crippen molar-refractivity contribution >= 4 is 6.03 Å². The van der Waals surface area contributed by atoms with Gasteiger partial charge in [-0.3, -0.25) is 0 Å². The number of nitrogens with one attached hydrogen (secondary N) is 2. The smallest absolute Gasteiger partial charge is 0.315 e. The molecule has 0 saturated carbocycles. The first-order chi connectivity index (χ1) is 19.4. The van der Waals surface area contributed by atoms with Crippen LogP contribution in [0.25, 0.3) is 11.1 Å². The number of urea groups is 1. The average Bonchev–Trinajstić information content (AvgIpc) is 2.98. The molecule has 1 saturated heterocycles. The van der Waals surface area contributed by atoms with Crippen LogP contribution < -0.4 is 10.6 Å². The lowest BCUT2D eigenvalue weighted by atomic mass is 9.90. The molecule has 7 heteroatoms. The van der Waals surface area contributed by atoms with Gasteiger partial charge >= 0.3 is 6.03 Å². The molecule has 212 valence electrons. The molecule has 0 radical (unpaired) electrons. The molecule has 1 heterocycles. The SMILES string of the molecule is C=CCN(C)CC1OC(c2ccc(-c3cccc(CNC(=O)NCC)c3)cc2)OC(c2ccc(CO)cc2)C1C. The largest absolute Gasteiger partial charge is 0.392 e. The summed E-state index contributed by atoms with van der Waals surface area (Å²) < 4.78 is 13.1. The Morgan fingerprint density at radius 2 is 1.70 bits per heavy atom. The van der Waals surface area contributed by atoms with Crippen molar-refractivity contribution < 1.29 is 19.4 Å². The Hall–Kier alpha value is -3.49. The maximum atomic E-state index is 11.8. The molecule has 0 aromatic heterocycles. The van der Waals surface area contributed by atoms with E-state index in [0.29, 0.717) is 13.1 Å². The van der Waals surface area contributed by atoms with Crippen LogP contribution in [-0.4, -0.2) is 48.8 Å². The van der Waals surface area contributed by atoms with Crippen molar-refractivity contribution in [3.8, 4) is 11.1 Å². The summed E-state index contributed by atoms with van der Waals surface area (Å²) in [6, 6.07) is 24.3. The van der Waals surface area contributed by atoms with Crippen LogP contribution in [0.15, 0.2) is 85.5 Å². The highest BCUT2D eigenvalue weighted by Crippen LogP contribution is 2.42. The Bertz CT molecular complexity index is 1250. The second-order valence-electron chi connectivity index (χ2n) is 10.4. The van der Waals surface area contributed by atoms with Gasteiger partial charge in [-0.15, -0.1) is 6.58 Å². The summed E-state index contributed by atoms with van der Waals surface area (Å²) in [5.74, 6) is 0.124. The summed E-state index contributed by atoms with van der Waals surface area (Å²) in [5.41, 5.74) is 6.09. The van der Waals surface area contributed by atoms with E-state index in [1.54, 1.807) is 0 Å². The third-order valence-corrected chi connectivity index (χ3v) is 7.29. The summed E-state index contributed by atoms with van der Waals surface area (Å²) in [5, 5.41) is 15.1. The number of aliphatic hydroxyl groups excluding tert-OH is 1. The van der Waals surface area contributed by atoms with Crippen LogP contribution >= 0.6 is 0 Å². The van der Waals surface area contributed by atoms with E-state index in [-0.39, 0.29) is 30.8 Å². The zero-order valence-corrected chi connectivity index (χ0v) is 23.7. The third-order valence-electron chi connectivity index (χ3n) is 7.29. The summed E-state index contributed by atoms with van der Waals surface area (Å²) in [6.45, 7) is 10.5. The van der Waals surface area contributed by atoms with Crippen molar-refractivity contribution in [2.24, 2.45) is 5.92 Å². The highest BCUT2D eigenvalue weighted by Gasteiger charge is 2.38. The predicted octanol–water partition coefficient (Wildman–Crippen LogP) is 5.57. The van der Waals surface area contributed by atoms with Gasteiger partial charge in [0.1, 0.15) is 0 Å². The Kier molecular flexibility index (Phi) is 10.5. The van der Waals surface area contributed by atoms with Gasteiger partial charge in [-0.1, -0.05) is 79.7 Å². The summed E-state index contributed by atoms with van der Waals surface area (Å²) in [7, 11) is 2.07. The fourth-order valence-corrected chi connectivity index (χ4v) is 5.03. The standard InChI is InChI=1S/C33H41N3O4/c1-5-18-36(4)21-30-23(3)31(27-12-10-24(22-37)11-13-27)40-32(39-30)28-16-14-26(15-17-28)29-9-7-8-25(19-29)20-35-33(38)34-6-2/h5,7-17,19,23,30-32,37H,1,6,18,20-22H2,2-4H3,(H2,34,35,38). The molecule has 1 fully saturated rings. The normalized spacial score (nSPS) is 20.7. The molecule has 2 amide bonds. The highest BCUT2D eigenvalue weighted by molar-refractivity contribution is 5.73. The first-order valence-corrected chi connectivity index (χ1v) is 13.9. The molecule has 3 aromatic rings. The quantitative estimate of drug-likeness (QED) is 0.275. The van der Waals surface area contributed by atoms with Crippen molar-refractivity contribution in [3.63, 3.8) is 0 Å². The molecule has 4 atom stereocenters. The van der Waals surface area contributed by atoms with Crippen LogP contribution in [0.5, 0.6) is 0 Å². The van der Waals surface area contributed by atoms with Crippen LogP contribution in [0.4, 0.5) is 4.79 Å². The number of hydrogen-bond donors (Lipinski definition) is 3. The molecule has 40 heavy (non-hydrogen) atoms. The van der Waals surface area contributed by atoms with E-state index < -0.39 is 6.29 Å². The lowest BCUT2D eigenvalue weighted by Crippen LogP contribution is -2.43. The zero-order chi connectivity index (χ0) is 28.5. The Labute approximate surface area is 237 Å². The summed E-state index contributed by atoms with van der Waals surface area (Å²) >= 11 is 0. The molecule has 0 bridgehead atoms. The summed E-state index contributed by atoms with van der Waals surface area (Å²) in [6.07, 6.45) is 1.20. The molecule has 4 rings (SSSR count). The number of likely N-dealkylation sites (N-methyl/N-ethyl adjacent to an activating group) is 1. The molecule has 0 spiro atoms. The minimum Gasteiger partial charge on any atom is -0.392 e. The van der Waals surface area contributed by atoms with E-state index in [1.165, 1.54) is 0 Å². The van der Waals surface area contributed by atoms with Crippen molar-refractivity contribution in [1.29, 1.82) is 0 Å². The number of aliphatic hydroxyl groups is 1.